The van der Waals surface area contributed by atoms with E-state index in [0.717, 1.165) is 5.69 Å². The molecule has 0 spiro atoms. The summed E-state index contributed by atoms with van der Waals surface area (Å²) < 4.78 is 28.5. The number of hydrogen-bond acceptors (Lipinski definition) is 4. The number of amides is 1. The average molecular weight is 380 g/mol. The number of carbonyl (C=O) groups is 1. The molecule has 26 heavy (non-hydrogen) atoms. The van der Waals surface area contributed by atoms with Crippen LogP contribution in [0.1, 0.15) is 10.4 Å². The van der Waals surface area contributed by atoms with Crippen LogP contribution in [0, 0.1) is 0 Å². The number of benzene rings is 2. The van der Waals surface area contributed by atoms with Gasteiger partial charge in [-0.2, -0.15) is 8.78 Å². The van der Waals surface area contributed by atoms with E-state index in [1.807, 2.05) is 25.1 Å². The average Bonchev–Trinajstić information content (AvgIpc) is 2.61. The van der Waals surface area contributed by atoms with Crippen molar-refractivity contribution in [2.24, 2.45) is 0 Å². The Labute approximate surface area is 155 Å². The van der Waals surface area contributed by atoms with E-state index in [9.17, 15) is 13.6 Å². The van der Waals surface area contributed by atoms with Gasteiger partial charge in [-0.15, -0.1) is 0 Å². The molecule has 0 aromatic heterocycles. The highest BCUT2D eigenvalue weighted by molar-refractivity contribution is 7.80. The number of ether oxygens (including phenoxy) is 1. The Kier molecular flexibility index (Phi) is 6.67. The second-order valence-electron chi connectivity index (χ2n) is 5.38. The number of carbonyl (C=O) groups excluding carboxylic acids is 1. The van der Waals surface area contributed by atoms with E-state index < -0.39 is 6.61 Å². The molecule has 0 aliphatic heterocycles. The predicted molar refractivity (Wildman–Crippen MR) is 101 cm³/mol. The van der Waals surface area contributed by atoms with Crippen LogP contribution >= 0.6 is 12.2 Å². The van der Waals surface area contributed by atoms with Gasteiger partial charge in [-0.25, -0.2) is 0 Å². The normalized spacial score (nSPS) is 10.2. The Hall–Kier alpha value is -2.94. The van der Waals surface area contributed by atoms with E-state index in [1.54, 1.807) is 18.2 Å². The van der Waals surface area contributed by atoms with Gasteiger partial charge < -0.3 is 15.0 Å². The summed E-state index contributed by atoms with van der Waals surface area (Å²) in [6.07, 6.45) is 0. The lowest BCUT2D eigenvalue weighted by Gasteiger charge is -2.15. The molecule has 0 heterocycles. The number of anilines is 2. The fourth-order valence-electron chi connectivity index (χ4n) is 1.99. The van der Waals surface area contributed by atoms with Crippen LogP contribution in [-0.4, -0.2) is 31.7 Å². The van der Waals surface area contributed by atoms with Crippen LogP contribution in [0.2, 0.25) is 0 Å². The molecular weight excluding hydrogens is 362 g/mol. The highest BCUT2D eigenvalue weighted by atomic mass is 32.1. The summed E-state index contributed by atoms with van der Waals surface area (Å²) in [5.74, 6) is -0.308. The van der Waals surface area contributed by atoms with Crippen LogP contribution < -0.4 is 25.8 Å². The zero-order chi connectivity index (χ0) is 19.1. The van der Waals surface area contributed by atoms with Crippen molar-refractivity contribution in [1.29, 1.82) is 0 Å². The van der Waals surface area contributed by atoms with Gasteiger partial charge in [0.25, 0.3) is 5.91 Å². The first-order valence-electron chi connectivity index (χ1n) is 7.55. The second kappa shape index (κ2) is 8.95. The summed E-state index contributed by atoms with van der Waals surface area (Å²) >= 11 is 5.08. The van der Waals surface area contributed by atoms with E-state index in [0.29, 0.717) is 11.3 Å². The van der Waals surface area contributed by atoms with E-state index in [2.05, 4.69) is 20.9 Å². The van der Waals surface area contributed by atoms with Crippen molar-refractivity contribution in [2.75, 3.05) is 24.3 Å². The third-order valence-electron chi connectivity index (χ3n) is 3.25. The van der Waals surface area contributed by atoms with Crippen molar-refractivity contribution in [1.82, 2.24) is 10.9 Å². The minimum atomic E-state index is -2.88. The Morgan fingerprint density at radius 2 is 1.81 bits per heavy atom. The minimum Gasteiger partial charge on any atom is -0.435 e. The maximum absolute atomic E-state index is 12.2. The molecule has 0 aliphatic carbocycles. The van der Waals surface area contributed by atoms with E-state index in [-0.39, 0.29) is 16.8 Å². The van der Waals surface area contributed by atoms with Crippen LogP contribution in [0.15, 0.2) is 48.5 Å². The highest BCUT2D eigenvalue weighted by Crippen LogP contribution is 2.17. The largest absolute Gasteiger partial charge is 0.435 e. The molecular formula is C17H18F2N4O2S. The molecule has 0 unspecified atom stereocenters. The van der Waals surface area contributed by atoms with Crippen molar-refractivity contribution in [3.05, 3.63) is 54.1 Å². The maximum Gasteiger partial charge on any atom is 0.387 e. The molecule has 2 rings (SSSR count). The Balaban J connectivity index is 1.86. The summed E-state index contributed by atoms with van der Waals surface area (Å²) in [6.45, 7) is -2.88. The Morgan fingerprint density at radius 1 is 1.12 bits per heavy atom. The van der Waals surface area contributed by atoms with Gasteiger partial charge in [-0.1, -0.05) is 6.07 Å². The van der Waals surface area contributed by atoms with Gasteiger partial charge in [0.05, 0.1) is 0 Å². The van der Waals surface area contributed by atoms with Crippen molar-refractivity contribution in [3.8, 4) is 5.75 Å². The van der Waals surface area contributed by atoms with Crippen LogP contribution in [0.3, 0.4) is 0 Å². The topological polar surface area (TPSA) is 65.6 Å². The standard InChI is InChI=1S/C17H18F2N4O2S/c1-23(2)13-5-3-4-11(10-13)15(24)21-22-17(26)20-12-6-8-14(9-7-12)25-16(18)19/h3-10,16H,1-2H3,(H,21,24)(H2,20,22,26). The van der Waals surface area contributed by atoms with E-state index >= 15 is 0 Å². The number of rotatable bonds is 5. The van der Waals surface area contributed by atoms with Gasteiger partial charge in [-0.05, 0) is 54.7 Å². The number of nitrogens with one attached hydrogen (secondary N) is 3. The van der Waals surface area contributed by atoms with Crippen LogP contribution in [0.4, 0.5) is 20.2 Å². The maximum atomic E-state index is 12.2. The summed E-state index contributed by atoms with van der Waals surface area (Å²) in [7, 11) is 3.76. The van der Waals surface area contributed by atoms with E-state index in [4.69, 9.17) is 12.2 Å². The summed E-state index contributed by atoms with van der Waals surface area (Å²) in [6, 6.07) is 12.9. The lowest BCUT2D eigenvalue weighted by Crippen LogP contribution is -2.43. The van der Waals surface area contributed by atoms with Crippen LogP contribution in [-0.2, 0) is 0 Å². The number of hydrogen-bond donors (Lipinski definition) is 3. The molecule has 1 amide bonds. The third-order valence-corrected chi connectivity index (χ3v) is 3.46. The number of hydrazine groups is 1. The SMILES string of the molecule is CN(C)c1cccc(C(=O)NNC(=S)Nc2ccc(OC(F)F)cc2)c1. The molecule has 0 saturated heterocycles. The van der Waals surface area contributed by atoms with Crippen molar-refractivity contribution in [3.63, 3.8) is 0 Å². The molecule has 0 fully saturated rings. The first-order chi connectivity index (χ1) is 12.3. The minimum absolute atomic E-state index is 0.0403. The molecule has 138 valence electrons. The molecule has 0 bridgehead atoms. The number of nitrogens with zero attached hydrogens (tertiary/aromatic N) is 1. The molecule has 0 saturated carbocycles. The zero-order valence-electron chi connectivity index (χ0n) is 14.1. The van der Waals surface area contributed by atoms with Crippen molar-refractivity contribution in [2.45, 2.75) is 6.61 Å². The smallest absolute Gasteiger partial charge is 0.387 e. The van der Waals surface area contributed by atoms with Gasteiger partial charge in [-0.3, -0.25) is 15.6 Å². The Bertz CT molecular complexity index is 770. The first-order valence-corrected chi connectivity index (χ1v) is 7.95. The summed E-state index contributed by atoms with van der Waals surface area (Å²) in [5, 5.41) is 2.96. The van der Waals surface area contributed by atoms with Gasteiger partial charge in [0.2, 0.25) is 0 Å². The molecule has 0 atom stereocenters. The molecule has 2 aromatic carbocycles. The zero-order valence-corrected chi connectivity index (χ0v) is 14.9. The predicted octanol–water partition coefficient (Wildman–Crippen LogP) is 2.99. The fraction of sp³-hybridized carbons (Fsp3) is 0.176. The van der Waals surface area contributed by atoms with Gasteiger partial charge in [0, 0.05) is 31.0 Å². The highest BCUT2D eigenvalue weighted by Gasteiger charge is 2.08. The molecule has 6 nitrogen and oxygen atoms in total. The number of alkyl halides is 2. The Morgan fingerprint density at radius 3 is 2.42 bits per heavy atom. The van der Waals surface area contributed by atoms with Gasteiger partial charge in [0.1, 0.15) is 5.75 Å². The fourth-order valence-corrected chi connectivity index (χ4v) is 2.16. The van der Waals surface area contributed by atoms with Gasteiger partial charge >= 0.3 is 6.61 Å². The molecule has 0 radical (unpaired) electrons. The quantitative estimate of drug-likeness (QED) is 0.548. The molecule has 2 aromatic rings. The molecule has 0 aliphatic rings. The van der Waals surface area contributed by atoms with Crippen molar-refractivity contribution < 1.29 is 18.3 Å². The third kappa shape index (κ3) is 5.85. The lowest BCUT2D eigenvalue weighted by molar-refractivity contribution is -0.0498. The lowest BCUT2D eigenvalue weighted by atomic mass is 10.2. The number of thiocarbonyl (C=S) groups is 1. The van der Waals surface area contributed by atoms with Crippen molar-refractivity contribution >= 4 is 34.6 Å². The van der Waals surface area contributed by atoms with Gasteiger partial charge in [0.15, 0.2) is 5.11 Å². The number of halogens is 2. The van der Waals surface area contributed by atoms with Crippen LogP contribution in [0.25, 0.3) is 0 Å². The van der Waals surface area contributed by atoms with E-state index in [1.165, 1.54) is 24.3 Å². The summed E-state index contributed by atoms with van der Waals surface area (Å²) in [4.78, 5) is 14.0. The molecule has 3 N–H and O–H groups in total. The van der Waals surface area contributed by atoms with Crippen LogP contribution in [0.5, 0.6) is 5.75 Å². The summed E-state index contributed by atoms with van der Waals surface area (Å²) in [5.41, 5.74) is 6.98. The molecule has 9 heteroatoms. The second-order valence-corrected chi connectivity index (χ2v) is 5.79. The first kappa shape index (κ1) is 19.4. The monoisotopic (exact) mass is 380 g/mol.